The second-order valence-corrected chi connectivity index (χ2v) is 5.37. The number of anilines is 2. The molecule has 0 saturated carbocycles. The van der Waals surface area contributed by atoms with Gasteiger partial charge in [-0.1, -0.05) is 12.1 Å². The van der Waals surface area contributed by atoms with Gasteiger partial charge in [0.25, 0.3) is 0 Å². The lowest BCUT2D eigenvalue weighted by atomic mass is 10.2. The van der Waals surface area contributed by atoms with Crippen LogP contribution in [0.5, 0.6) is 5.75 Å². The van der Waals surface area contributed by atoms with E-state index >= 15 is 0 Å². The number of ether oxygens (including phenoxy) is 1. The smallest absolute Gasteiger partial charge is 0.177 e. The lowest BCUT2D eigenvalue weighted by Crippen LogP contribution is -2.30. The maximum Gasteiger partial charge on any atom is 0.177 e. The van der Waals surface area contributed by atoms with Gasteiger partial charge in [-0.2, -0.15) is 10.2 Å². The molecule has 0 saturated heterocycles. The molecule has 6 heteroatoms. The van der Waals surface area contributed by atoms with Crippen LogP contribution in [0.25, 0.3) is 10.8 Å². The first-order valence-electron chi connectivity index (χ1n) is 7.07. The van der Waals surface area contributed by atoms with Gasteiger partial charge in [-0.3, -0.25) is 0 Å². The van der Waals surface area contributed by atoms with Gasteiger partial charge in [0.05, 0.1) is 19.5 Å². The third-order valence-electron chi connectivity index (χ3n) is 3.60. The molecule has 3 aromatic rings. The van der Waals surface area contributed by atoms with Crippen LogP contribution in [0.3, 0.4) is 0 Å². The Kier molecular flexibility index (Phi) is 4.34. The standard InChI is InChI=1S/C17H16N4OS/c1-21(13-6-8-14(22-2)9-7-13)17(23)20-16-5-3-4-12-10-18-19-11-15(12)16/h3-11H,1-2H3,(H,20,23). The first kappa shape index (κ1) is 15.2. The summed E-state index contributed by atoms with van der Waals surface area (Å²) in [7, 11) is 3.57. The fraction of sp³-hybridized carbons (Fsp3) is 0.118. The predicted molar refractivity (Wildman–Crippen MR) is 97.2 cm³/mol. The van der Waals surface area contributed by atoms with Gasteiger partial charge in [0.2, 0.25) is 0 Å². The summed E-state index contributed by atoms with van der Waals surface area (Å²) in [5.41, 5.74) is 1.88. The quantitative estimate of drug-likeness (QED) is 0.745. The van der Waals surface area contributed by atoms with E-state index < -0.39 is 0 Å². The first-order valence-corrected chi connectivity index (χ1v) is 7.48. The third kappa shape index (κ3) is 3.22. The van der Waals surface area contributed by atoms with Crippen molar-refractivity contribution in [2.75, 3.05) is 24.4 Å². The van der Waals surface area contributed by atoms with Gasteiger partial charge < -0.3 is 15.0 Å². The van der Waals surface area contributed by atoms with Crippen molar-refractivity contribution in [2.45, 2.75) is 0 Å². The summed E-state index contributed by atoms with van der Waals surface area (Å²) in [5, 5.41) is 13.7. The highest BCUT2D eigenvalue weighted by Gasteiger charge is 2.09. The minimum absolute atomic E-state index is 0.597. The highest BCUT2D eigenvalue weighted by atomic mass is 32.1. The molecule has 0 radical (unpaired) electrons. The molecule has 0 unspecified atom stereocenters. The van der Waals surface area contributed by atoms with Crippen molar-refractivity contribution < 1.29 is 4.74 Å². The van der Waals surface area contributed by atoms with Crippen molar-refractivity contribution in [1.29, 1.82) is 0 Å². The molecule has 23 heavy (non-hydrogen) atoms. The largest absolute Gasteiger partial charge is 0.497 e. The van der Waals surface area contributed by atoms with E-state index in [2.05, 4.69) is 15.5 Å². The van der Waals surface area contributed by atoms with Crippen molar-refractivity contribution in [3.63, 3.8) is 0 Å². The molecule has 1 heterocycles. The minimum atomic E-state index is 0.597. The highest BCUT2D eigenvalue weighted by Crippen LogP contribution is 2.23. The molecule has 2 aromatic carbocycles. The molecule has 116 valence electrons. The van der Waals surface area contributed by atoms with Crippen LogP contribution in [-0.2, 0) is 0 Å². The molecule has 0 atom stereocenters. The molecule has 0 amide bonds. The molecular weight excluding hydrogens is 308 g/mol. The lowest BCUT2D eigenvalue weighted by molar-refractivity contribution is 0.415. The van der Waals surface area contributed by atoms with E-state index in [-0.39, 0.29) is 0 Å². The molecule has 0 bridgehead atoms. The molecular formula is C17H16N4OS. The van der Waals surface area contributed by atoms with Gasteiger partial charge in [0.15, 0.2) is 5.11 Å². The van der Waals surface area contributed by atoms with Crippen LogP contribution < -0.4 is 15.0 Å². The van der Waals surface area contributed by atoms with Crippen molar-refractivity contribution in [3.8, 4) is 5.75 Å². The van der Waals surface area contributed by atoms with Crippen molar-refractivity contribution >= 4 is 39.5 Å². The van der Waals surface area contributed by atoms with Crippen LogP contribution in [-0.4, -0.2) is 29.5 Å². The third-order valence-corrected chi connectivity index (χ3v) is 3.97. The van der Waals surface area contributed by atoms with E-state index in [1.165, 1.54) is 0 Å². The monoisotopic (exact) mass is 324 g/mol. The second-order valence-electron chi connectivity index (χ2n) is 4.98. The van der Waals surface area contributed by atoms with E-state index in [0.717, 1.165) is 27.9 Å². The Labute approximate surface area is 139 Å². The molecule has 3 rings (SSSR count). The number of hydrogen-bond donors (Lipinski definition) is 1. The van der Waals surface area contributed by atoms with E-state index in [1.807, 2.05) is 54.4 Å². The second kappa shape index (κ2) is 6.58. The zero-order valence-corrected chi connectivity index (χ0v) is 13.7. The van der Waals surface area contributed by atoms with Gasteiger partial charge >= 0.3 is 0 Å². The number of fused-ring (bicyclic) bond motifs is 1. The summed E-state index contributed by atoms with van der Waals surface area (Å²) < 4.78 is 5.17. The topological polar surface area (TPSA) is 50.3 Å². The maximum absolute atomic E-state index is 5.51. The van der Waals surface area contributed by atoms with Crippen molar-refractivity contribution in [2.24, 2.45) is 0 Å². The Morgan fingerprint density at radius 1 is 1.09 bits per heavy atom. The van der Waals surface area contributed by atoms with Crippen LogP contribution in [0.1, 0.15) is 0 Å². The van der Waals surface area contributed by atoms with E-state index in [1.54, 1.807) is 19.5 Å². The number of hydrogen-bond acceptors (Lipinski definition) is 4. The summed E-state index contributed by atoms with van der Waals surface area (Å²) in [6, 6.07) is 13.7. The molecule has 1 aromatic heterocycles. The van der Waals surface area contributed by atoms with Crippen LogP contribution in [0, 0.1) is 0 Å². The molecule has 5 nitrogen and oxygen atoms in total. The SMILES string of the molecule is COc1ccc(N(C)C(=S)Nc2cccc3cnncc23)cc1. The first-order chi connectivity index (χ1) is 11.2. The fourth-order valence-electron chi connectivity index (χ4n) is 2.26. The normalized spacial score (nSPS) is 10.3. The van der Waals surface area contributed by atoms with Gasteiger partial charge in [-0.15, -0.1) is 0 Å². The molecule has 0 spiro atoms. The summed E-state index contributed by atoms with van der Waals surface area (Å²) >= 11 is 5.51. The van der Waals surface area contributed by atoms with Crippen molar-refractivity contribution in [3.05, 3.63) is 54.9 Å². The number of nitrogens with one attached hydrogen (secondary N) is 1. The van der Waals surface area contributed by atoms with Gasteiger partial charge in [-0.25, -0.2) is 0 Å². The van der Waals surface area contributed by atoms with Crippen LogP contribution in [0.15, 0.2) is 54.9 Å². The molecule has 0 aliphatic carbocycles. The summed E-state index contributed by atoms with van der Waals surface area (Å²) in [6.07, 6.45) is 3.46. The Morgan fingerprint density at radius 2 is 1.83 bits per heavy atom. The number of methoxy groups -OCH3 is 1. The van der Waals surface area contributed by atoms with Crippen LogP contribution >= 0.6 is 12.2 Å². The summed E-state index contributed by atoms with van der Waals surface area (Å²) in [5.74, 6) is 0.814. The number of thiocarbonyl (C=S) groups is 1. The van der Waals surface area contributed by atoms with E-state index in [9.17, 15) is 0 Å². The predicted octanol–water partition coefficient (Wildman–Crippen LogP) is 3.47. The summed E-state index contributed by atoms with van der Waals surface area (Å²) in [6.45, 7) is 0. The molecule has 0 fully saturated rings. The highest BCUT2D eigenvalue weighted by molar-refractivity contribution is 7.80. The lowest BCUT2D eigenvalue weighted by Gasteiger charge is -2.22. The molecule has 0 aliphatic rings. The minimum Gasteiger partial charge on any atom is -0.497 e. The zero-order valence-electron chi connectivity index (χ0n) is 12.9. The zero-order chi connectivity index (χ0) is 16.2. The number of rotatable bonds is 3. The number of aromatic nitrogens is 2. The van der Waals surface area contributed by atoms with Gasteiger partial charge in [0, 0.05) is 29.2 Å². The Balaban J connectivity index is 1.82. The fourth-order valence-corrected chi connectivity index (χ4v) is 2.47. The Morgan fingerprint density at radius 3 is 2.57 bits per heavy atom. The van der Waals surface area contributed by atoms with E-state index in [4.69, 9.17) is 17.0 Å². The number of nitrogens with zero attached hydrogens (tertiary/aromatic N) is 3. The maximum atomic E-state index is 5.51. The average molecular weight is 324 g/mol. The van der Waals surface area contributed by atoms with Crippen LogP contribution in [0.2, 0.25) is 0 Å². The summed E-state index contributed by atoms with van der Waals surface area (Å²) in [4.78, 5) is 1.90. The van der Waals surface area contributed by atoms with Crippen LogP contribution in [0.4, 0.5) is 11.4 Å². The molecule has 0 aliphatic heterocycles. The Bertz CT molecular complexity index is 830. The van der Waals surface area contributed by atoms with E-state index in [0.29, 0.717) is 5.11 Å². The van der Waals surface area contributed by atoms with Gasteiger partial charge in [-0.05, 0) is 42.5 Å². The molecule has 1 N–H and O–H groups in total. The van der Waals surface area contributed by atoms with Crippen molar-refractivity contribution in [1.82, 2.24) is 10.2 Å². The number of benzene rings is 2. The Hall–Kier alpha value is -2.73. The van der Waals surface area contributed by atoms with Gasteiger partial charge in [0.1, 0.15) is 5.75 Å². The average Bonchev–Trinajstić information content (AvgIpc) is 2.61.